The van der Waals surface area contributed by atoms with E-state index >= 15 is 0 Å². The van der Waals surface area contributed by atoms with Gasteiger partial charge < -0.3 is 9.59 Å². The first-order valence-corrected chi connectivity index (χ1v) is 3.62. The Hall–Kier alpha value is -0.660. The van der Waals surface area contributed by atoms with E-state index in [2.05, 4.69) is 0 Å². The largest absolute Gasteiger partial charge is 0.303 e. The highest BCUT2D eigenvalue weighted by Gasteiger charge is 2.42. The number of hydrogen-bond acceptors (Lipinski definition) is 2. The lowest BCUT2D eigenvalue weighted by molar-refractivity contribution is -0.118. The molecule has 1 fully saturated rings. The van der Waals surface area contributed by atoms with Crippen molar-refractivity contribution in [2.75, 3.05) is 0 Å². The molecule has 1 rings (SSSR count). The number of carbonyl (C=O) groups is 2. The van der Waals surface area contributed by atoms with E-state index in [1.54, 1.807) is 6.92 Å². The highest BCUT2D eigenvalue weighted by atomic mass is 16.1. The minimum atomic E-state index is 0.105. The van der Waals surface area contributed by atoms with Crippen molar-refractivity contribution in [3.63, 3.8) is 0 Å². The van der Waals surface area contributed by atoms with Crippen LogP contribution in [0.3, 0.4) is 0 Å². The number of hydrogen-bond donors (Lipinski definition) is 0. The molecule has 0 heterocycles. The lowest BCUT2D eigenvalue weighted by Crippen LogP contribution is -2.06. The third-order valence-corrected chi connectivity index (χ3v) is 2.10. The second kappa shape index (κ2) is 2.52. The van der Waals surface area contributed by atoms with Crippen LogP contribution in [0.1, 0.15) is 32.6 Å². The van der Waals surface area contributed by atoms with Gasteiger partial charge in [-0.1, -0.05) is 0 Å². The lowest BCUT2D eigenvalue weighted by Gasteiger charge is -2.06. The number of ketones is 1. The van der Waals surface area contributed by atoms with Crippen LogP contribution in [-0.4, -0.2) is 12.1 Å². The maximum atomic E-state index is 10.7. The first kappa shape index (κ1) is 7.45. The average Bonchev–Trinajstić information content (AvgIpc) is 2.47. The summed E-state index contributed by atoms with van der Waals surface area (Å²) in [6, 6.07) is 0. The number of aldehydes is 1. The van der Waals surface area contributed by atoms with Crippen LogP contribution in [0.2, 0.25) is 0 Å². The third-order valence-electron chi connectivity index (χ3n) is 2.10. The molecule has 56 valence electrons. The van der Waals surface area contributed by atoms with Crippen LogP contribution in [0.25, 0.3) is 0 Å². The van der Waals surface area contributed by atoms with E-state index in [0.29, 0.717) is 12.8 Å². The van der Waals surface area contributed by atoms with E-state index in [1.807, 2.05) is 0 Å². The Kier molecular flexibility index (Phi) is 1.88. The van der Waals surface area contributed by atoms with Crippen LogP contribution in [0, 0.1) is 5.41 Å². The summed E-state index contributed by atoms with van der Waals surface area (Å²) < 4.78 is 0. The second-order valence-corrected chi connectivity index (χ2v) is 3.25. The van der Waals surface area contributed by atoms with E-state index in [1.165, 1.54) is 0 Å². The summed E-state index contributed by atoms with van der Waals surface area (Å²) in [6.07, 6.45) is 4.23. The Labute approximate surface area is 60.6 Å². The van der Waals surface area contributed by atoms with Gasteiger partial charge in [0.2, 0.25) is 0 Å². The summed E-state index contributed by atoms with van der Waals surface area (Å²) in [6.45, 7) is 1.59. The zero-order valence-corrected chi connectivity index (χ0v) is 6.22. The molecule has 0 N–H and O–H groups in total. The molecule has 1 aliphatic carbocycles. The van der Waals surface area contributed by atoms with Gasteiger partial charge in [-0.2, -0.15) is 0 Å². The van der Waals surface area contributed by atoms with Crippen molar-refractivity contribution in [3.8, 4) is 0 Å². The van der Waals surface area contributed by atoms with E-state index < -0.39 is 0 Å². The number of rotatable bonds is 4. The fraction of sp³-hybridized carbons (Fsp3) is 0.750. The van der Waals surface area contributed by atoms with Crippen LogP contribution in [0.5, 0.6) is 0 Å². The zero-order valence-electron chi connectivity index (χ0n) is 6.22. The Morgan fingerprint density at radius 2 is 2.20 bits per heavy atom. The summed E-state index contributed by atoms with van der Waals surface area (Å²) in [7, 11) is 0. The minimum absolute atomic E-state index is 0.105. The lowest BCUT2D eigenvalue weighted by atomic mass is 9.97. The molecule has 0 radical (unpaired) electrons. The van der Waals surface area contributed by atoms with E-state index in [0.717, 1.165) is 19.1 Å². The van der Waals surface area contributed by atoms with Gasteiger partial charge in [-0.05, 0) is 25.2 Å². The molecule has 0 bridgehead atoms. The quantitative estimate of drug-likeness (QED) is 0.552. The van der Waals surface area contributed by atoms with Crippen LogP contribution in [0.15, 0.2) is 0 Å². The molecule has 0 aliphatic heterocycles. The average molecular weight is 140 g/mol. The molecule has 0 spiro atoms. The first-order valence-electron chi connectivity index (χ1n) is 3.62. The molecule has 0 atom stereocenters. The molecular formula is C8H12O2. The molecule has 1 saturated carbocycles. The van der Waals surface area contributed by atoms with Gasteiger partial charge in [0, 0.05) is 12.8 Å². The van der Waals surface area contributed by atoms with Gasteiger partial charge in [-0.3, -0.25) is 0 Å². The Morgan fingerprint density at radius 3 is 2.50 bits per heavy atom. The van der Waals surface area contributed by atoms with Crippen molar-refractivity contribution in [1.29, 1.82) is 0 Å². The summed E-state index contributed by atoms with van der Waals surface area (Å²) in [5.41, 5.74) is 0.105. The fourth-order valence-corrected chi connectivity index (χ4v) is 1.33. The summed E-state index contributed by atoms with van der Waals surface area (Å²) in [5, 5.41) is 0. The molecule has 10 heavy (non-hydrogen) atoms. The maximum Gasteiger partial charge on any atom is 0.130 e. The van der Waals surface area contributed by atoms with Gasteiger partial charge >= 0.3 is 0 Å². The fourth-order valence-electron chi connectivity index (χ4n) is 1.33. The van der Waals surface area contributed by atoms with E-state index in [4.69, 9.17) is 0 Å². The molecule has 0 aromatic rings. The normalized spacial score (nSPS) is 20.1. The Bertz CT molecular complexity index is 157. The summed E-state index contributed by atoms with van der Waals surface area (Å²) in [5.74, 6) is 0.208. The molecule has 0 saturated heterocycles. The highest BCUT2D eigenvalue weighted by molar-refractivity contribution is 5.77. The third kappa shape index (κ3) is 1.66. The van der Waals surface area contributed by atoms with Gasteiger partial charge in [0.1, 0.15) is 12.1 Å². The zero-order chi connectivity index (χ0) is 7.61. The second-order valence-electron chi connectivity index (χ2n) is 3.25. The molecule has 0 aromatic carbocycles. The molecule has 0 amide bonds. The predicted octanol–water partition coefficient (Wildman–Crippen LogP) is 1.33. The van der Waals surface area contributed by atoms with E-state index in [-0.39, 0.29) is 11.2 Å². The van der Waals surface area contributed by atoms with Gasteiger partial charge in [0.15, 0.2) is 0 Å². The van der Waals surface area contributed by atoms with Crippen molar-refractivity contribution in [2.24, 2.45) is 5.41 Å². The molecule has 0 aromatic heterocycles. The van der Waals surface area contributed by atoms with Crippen molar-refractivity contribution in [2.45, 2.75) is 32.6 Å². The van der Waals surface area contributed by atoms with Crippen molar-refractivity contribution in [3.05, 3.63) is 0 Å². The molecular weight excluding hydrogens is 128 g/mol. The van der Waals surface area contributed by atoms with E-state index in [9.17, 15) is 9.59 Å². The van der Waals surface area contributed by atoms with Crippen LogP contribution < -0.4 is 0 Å². The smallest absolute Gasteiger partial charge is 0.130 e. The summed E-state index contributed by atoms with van der Waals surface area (Å²) in [4.78, 5) is 20.8. The highest BCUT2D eigenvalue weighted by Crippen LogP contribution is 2.51. The first-order chi connectivity index (χ1) is 4.68. The minimum Gasteiger partial charge on any atom is -0.303 e. The van der Waals surface area contributed by atoms with Crippen LogP contribution in [0.4, 0.5) is 0 Å². The number of carbonyl (C=O) groups excluding carboxylic acids is 2. The van der Waals surface area contributed by atoms with Crippen molar-refractivity contribution in [1.82, 2.24) is 0 Å². The maximum absolute atomic E-state index is 10.7. The molecule has 1 aliphatic rings. The van der Waals surface area contributed by atoms with Gasteiger partial charge in [0.25, 0.3) is 0 Å². The van der Waals surface area contributed by atoms with Gasteiger partial charge in [-0.15, -0.1) is 0 Å². The van der Waals surface area contributed by atoms with Gasteiger partial charge in [0.05, 0.1) is 0 Å². The molecule has 0 unspecified atom stereocenters. The standard InChI is InChI=1S/C8H12O2/c1-7(10)6-8(2-3-8)4-5-9/h5H,2-4,6H2,1H3. The Morgan fingerprint density at radius 1 is 1.60 bits per heavy atom. The van der Waals surface area contributed by atoms with Crippen molar-refractivity contribution < 1.29 is 9.59 Å². The molecule has 2 nitrogen and oxygen atoms in total. The van der Waals surface area contributed by atoms with Crippen molar-refractivity contribution >= 4 is 12.1 Å². The predicted molar refractivity (Wildman–Crippen MR) is 37.6 cm³/mol. The number of Topliss-reactive ketones (excluding diaryl/α,β-unsaturated/α-hetero) is 1. The van der Waals surface area contributed by atoms with Crippen LogP contribution >= 0.6 is 0 Å². The SMILES string of the molecule is CC(=O)CC1(CC=O)CC1. The summed E-state index contributed by atoms with van der Waals surface area (Å²) >= 11 is 0. The molecule has 2 heteroatoms. The topological polar surface area (TPSA) is 34.1 Å². The monoisotopic (exact) mass is 140 g/mol. The Balaban J connectivity index is 2.37. The van der Waals surface area contributed by atoms with Crippen LogP contribution in [-0.2, 0) is 9.59 Å². The van der Waals surface area contributed by atoms with Gasteiger partial charge in [-0.25, -0.2) is 0 Å².